The zero-order chi connectivity index (χ0) is 20.4. The summed E-state index contributed by atoms with van der Waals surface area (Å²) in [7, 11) is 2.03. The minimum atomic E-state index is -0.674. The number of benzene rings is 2. The highest BCUT2D eigenvalue weighted by atomic mass is 32.1. The molecule has 1 aromatic heterocycles. The molecule has 4 rings (SSSR count). The first-order chi connectivity index (χ1) is 14.0. The van der Waals surface area contributed by atoms with Gasteiger partial charge in [0.15, 0.2) is 0 Å². The molecule has 2 amide bonds. The first-order valence-corrected chi connectivity index (χ1v) is 10.3. The number of likely N-dealkylation sites (N-methyl/N-ethyl adjacent to an activating group) is 1. The molecule has 150 valence electrons. The van der Waals surface area contributed by atoms with Gasteiger partial charge in [-0.15, -0.1) is 11.3 Å². The van der Waals surface area contributed by atoms with Gasteiger partial charge in [-0.05, 0) is 55.9 Å². The molecule has 1 fully saturated rings. The number of carbonyl (C=O) groups excluding carboxylic acids is 2. The highest BCUT2D eigenvalue weighted by Crippen LogP contribution is 2.31. The van der Waals surface area contributed by atoms with Crippen LogP contribution in [0.1, 0.15) is 5.56 Å². The summed E-state index contributed by atoms with van der Waals surface area (Å²) in [4.78, 5) is 31.2. The number of nitrogens with zero attached hydrogens (tertiary/aromatic N) is 3. The highest BCUT2D eigenvalue weighted by molar-refractivity contribution is 7.21. The lowest BCUT2D eigenvalue weighted by Gasteiger charge is -2.32. The zero-order valence-electron chi connectivity index (χ0n) is 16.4. The fraction of sp³-hybridized carbons (Fsp3) is 0.286. The number of aromatic nitrogens is 1. The van der Waals surface area contributed by atoms with Crippen LogP contribution in [-0.4, -0.2) is 59.9 Å². The van der Waals surface area contributed by atoms with Gasteiger partial charge >= 0.3 is 11.8 Å². The monoisotopic (exact) mass is 409 g/mol. The number of thiazole rings is 1. The Hall–Kier alpha value is -2.81. The van der Waals surface area contributed by atoms with Crippen molar-refractivity contribution in [1.82, 2.24) is 20.3 Å². The van der Waals surface area contributed by atoms with Gasteiger partial charge in [0.05, 0.1) is 10.2 Å². The maximum absolute atomic E-state index is 12.2. The van der Waals surface area contributed by atoms with E-state index in [2.05, 4.69) is 39.7 Å². The maximum Gasteiger partial charge on any atom is 0.323 e. The maximum atomic E-state index is 12.2. The summed E-state index contributed by atoms with van der Waals surface area (Å²) in [6, 6.07) is 13.6. The van der Waals surface area contributed by atoms with Gasteiger partial charge in [0.25, 0.3) is 0 Å². The summed E-state index contributed by atoms with van der Waals surface area (Å²) in [5.41, 5.74) is 6.40. The van der Waals surface area contributed by atoms with Crippen LogP contribution >= 0.6 is 11.3 Å². The summed E-state index contributed by atoms with van der Waals surface area (Å²) >= 11 is 1.64. The molecule has 2 aromatic carbocycles. The normalized spacial score (nSPS) is 15.4. The SMILES string of the molecule is Cc1ccc2nc(-c3ccc(NC(=O)C(=O)NN4CCN(C)CC4)cc3)sc2c1. The number of rotatable bonds is 3. The smallest absolute Gasteiger partial charge is 0.318 e. The molecule has 7 nitrogen and oxygen atoms in total. The summed E-state index contributed by atoms with van der Waals surface area (Å²) in [6.07, 6.45) is 0. The third-order valence-corrected chi connectivity index (χ3v) is 5.97. The van der Waals surface area contributed by atoms with Crippen LogP contribution in [0.25, 0.3) is 20.8 Å². The van der Waals surface area contributed by atoms with Crippen molar-refractivity contribution in [3.63, 3.8) is 0 Å². The molecule has 2 N–H and O–H groups in total. The van der Waals surface area contributed by atoms with Crippen molar-refractivity contribution < 1.29 is 9.59 Å². The lowest BCUT2D eigenvalue weighted by molar-refractivity contribution is -0.139. The summed E-state index contributed by atoms with van der Waals surface area (Å²) in [5.74, 6) is -1.33. The molecular formula is C21H23N5O2S. The highest BCUT2D eigenvalue weighted by Gasteiger charge is 2.20. The summed E-state index contributed by atoms with van der Waals surface area (Å²) < 4.78 is 1.15. The Morgan fingerprint density at radius 1 is 1.00 bits per heavy atom. The quantitative estimate of drug-likeness (QED) is 0.650. The molecule has 29 heavy (non-hydrogen) atoms. The molecule has 1 saturated heterocycles. The fourth-order valence-electron chi connectivity index (χ4n) is 3.15. The minimum absolute atomic E-state index is 0.573. The number of amides is 2. The predicted octanol–water partition coefficient (Wildman–Crippen LogP) is 2.49. The van der Waals surface area contributed by atoms with Crippen molar-refractivity contribution >= 4 is 39.1 Å². The van der Waals surface area contributed by atoms with Crippen LogP contribution in [0.15, 0.2) is 42.5 Å². The predicted molar refractivity (Wildman–Crippen MR) is 116 cm³/mol. The molecule has 0 atom stereocenters. The largest absolute Gasteiger partial charge is 0.323 e. The second-order valence-corrected chi connectivity index (χ2v) is 8.28. The molecule has 1 aliphatic rings. The molecule has 3 aromatic rings. The number of nitrogens with one attached hydrogen (secondary N) is 2. The Balaban J connectivity index is 1.38. The van der Waals surface area contributed by atoms with Gasteiger partial charge in [0, 0.05) is 37.4 Å². The van der Waals surface area contributed by atoms with Crippen LogP contribution in [0, 0.1) is 6.92 Å². The second-order valence-electron chi connectivity index (χ2n) is 7.25. The van der Waals surface area contributed by atoms with Gasteiger partial charge in [0.1, 0.15) is 5.01 Å². The number of hydrogen-bond acceptors (Lipinski definition) is 6. The van der Waals surface area contributed by atoms with Gasteiger partial charge in [-0.1, -0.05) is 6.07 Å². The lowest BCUT2D eigenvalue weighted by Crippen LogP contribution is -2.54. The van der Waals surface area contributed by atoms with E-state index < -0.39 is 11.8 Å². The third kappa shape index (κ3) is 4.61. The van der Waals surface area contributed by atoms with Crippen LogP contribution in [0.4, 0.5) is 5.69 Å². The molecule has 0 bridgehead atoms. The van der Waals surface area contributed by atoms with Crippen molar-refractivity contribution in [2.75, 3.05) is 38.5 Å². The molecule has 2 heterocycles. The standard InChI is InChI=1S/C21H23N5O2S/c1-14-3-8-17-18(13-14)29-21(23-17)15-4-6-16(7-5-15)22-19(27)20(28)24-26-11-9-25(2)10-12-26/h3-8,13H,9-12H2,1-2H3,(H,22,27)(H,24,28). The second kappa shape index (κ2) is 8.28. The van der Waals surface area contributed by atoms with E-state index in [1.54, 1.807) is 28.5 Å². The van der Waals surface area contributed by atoms with Crippen molar-refractivity contribution in [3.05, 3.63) is 48.0 Å². The molecule has 0 spiro atoms. The number of hydrogen-bond donors (Lipinski definition) is 2. The van der Waals surface area contributed by atoms with Crippen LogP contribution in [0.2, 0.25) is 0 Å². The number of anilines is 1. The Morgan fingerprint density at radius 2 is 1.72 bits per heavy atom. The number of fused-ring (bicyclic) bond motifs is 1. The average Bonchev–Trinajstić information content (AvgIpc) is 3.13. The Kier molecular flexibility index (Phi) is 5.57. The molecule has 0 aliphatic carbocycles. The summed E-state index contributed by atoms with van der Waals surface area (Å²) in [6.45, 7) is 5.18. The first kappa shape index (κ1) is 19.5. The lowest BCUT2D eigenvalue weighted by atomic mass is 10.2. The van der Waals surface area contributed by atoms with E-state index in [1.165, 1.54) is 5.56 Å². The number of hydrazine groups is 1. The molecule has 0 unspecified atom stereocenters. The van der Waals surface area contributed by atoms with Crippen LogP contribution in [0.3, 0.4) is 0 Å². The molecule has 0 saturated carbocycles. The van der Waals surface area contributed by atoms with E-state index in [0.29, 0.717) is 18.8 Å². The topological polar surface area (TPSA) is 77.6 Å². The van der Waals surface area contributed by atoms with Gasteiger partial charge in [-0.2, -0.15) is 0 Å². The third-order valence-electron chi connectivity index (χ3n) is 4.90. The van der Waals surface area contributed by atoms with Crippen LogP contribution in [0.5, 0.6) is 0 Å². The molecule has 8 heteroatoms. The Morgan fingerprint density at radius 3 is 2.45 bits per heavy atom. The van der Waals surface area contributed by atoms with E-state index in [-0.39, 0.29) is 0 Å². The van der Waals surface area contributed by atoms with E-state index in [1.807, 2.05) is 25.2 Å². The van der Waals surface area contributed by atoms with E-state index in [9.17, 15) is 9.59 Å². The van der Waals surface area contributed by atoms with Gasteiger partial charge in [-0.25, -0.2) is 9.99 Å². The number of carbonyl (C=O) groups is 2. The van der Waals surface area contributed by atoms with Gasteiger partial charge in [0.2, 0.25) is 0 Å². The minimum Gasteiger partial charge on any atom is -0.318 e. The average molecular weight is 410 g/mol. The summed E-state index contributed by atoms with van der Waals surface area (Å²) in [5, 5.41) is 5.35. The van der Waals surface area contributed by atoms with Crippen molar-refractivity contribution in [1.29, 1.82) is 0 Å². The van der Waals surface area contributed by atoms with Crippen molar-refractivity contribution in [2.45, 2.75) is 6.92 Å². The molecule has 0 radical (unpaired) electrons. The van der Waals surface area contributed by atoms with Crippen LogP contribution in [-0.2, 0) is 9.59 Å². The van der Waals surface area contributed by atoms with Crippen molar-refractivity contribution in [2.24, 2.45) is 0 Å². The van der Waals surface area contributed by atoms with E-state index in [4.69, 9.17) is 0 Å². The van der Waals surface area contributed by atoms with Crippen LogP contribution < -0.4 is 10.7 Å². The van der Waals surface area contributed by atoms with Crippen molar-refractivity contribution in [3.8, 4) is 10.6 Å². The first-order valence-electron chi connectivity index (χ1n) is 9.51. The van der Waals surface area contributed by atoms with Gasteiger partial charge in [-0.3, -0.25) is 15.0 Å². The molecule has 1 aliphatic heterocycles. The van der Waals surface area contributed by atoms with E-state index in [0.717, 1.165) is 33.9 Å². The van der Waals surface area contributed by atoms with Gasteiger partial charge < -0.3 is 10.2 Å². The Labute approximate surface area is 173 Å². The van der Waals surface area contributed by atoms with E-state index >= 15 is 0 Å². The number of piperazine rings is 1. The fourth-order valence-corrected chi connectivity index (χ4v) is 4.22. The molecular weight excluding hydrogens is 386 g/mol. The number of aryl methyl sites for hydroxylation is 1. The Bertz CT molecular complexity index is 1040. The zero-order valence-corrected chi connectivity index (χ0v) is 17.3.